The van der Waals surface area contributed by atoms with Gasteiger partial charge in [-0.3, -0.25) is 9.59 Å². The molecule has 1 aromatic carbocycles. The van der Waals surface area contributed by atoms with Crippen LogP contribution in [0.1, 0.15) is 6.42 Å². The van der Waals surface area contributed by atoms with E-state index in [1.807, 2.05) is 0 Å². The SMILES string of the molecule is O=C(NCCOc1cccc(Cl)c1)C1CC(=O)N(CC(F)(F)F)C1. The first-order valence-corrected chi connectivity index (χ1v) is 7.63. The van der Waals surface area contributed by atoms with Crippen molar-refractivity contribution in [3.05, 3.63) is 29.3 Å². The number of hydrogen-bond donors (Lipinski definition) is 1. The molecule has 9 heteroatoms. The van der Waals surface area contributed by atoms with Gasteiger partial charge in [-0.15, -0.1) is 0 Å². The van der Waals surface area contributed by atoms with E-state index in [1.165, 1.54) is 0 Å². The van der Waals surface area contributed by atoms with Gasteiger partial charge >= 0.3 is 6.18 Å². The Labute approximate surface area is 141 Å². The summed E-state index contributed by atoms with van der Waals surface area (Å²) in [5, 5.41) is 3.08. The number of ether oxygens (including phenoxy) is 1. The molecular weight excluding hydrogens is 349 g/mol. The summed E-state index contributed by atoms with van der Waals surface area (Å²) in [5.41, 5.74) is 0. The number of alkyl halides is 3. The molecule has 0 saturated carbocycles. The number of halogens is 4. The summed E-state index contributed by atoms with van der Waals surface area (Å²) in [6.45, 7) is -1.19. The van der Waals surface area contributed by atoms with Crippen molar-refractivity contribution in [3.63, 3.8) is 0 Å². The van der Waals surface area contributed by atoms with E-state index in [0.717, 1.165) is 0 Å². The van der Waals surface area contributed by atoms with Crippen molar-refractivity contribution in [1.82, 2.24) is 10.2 Å². The standard InChI is InChI=1S/C15H16ClF3N2O3/c16-11-2-1-3-12(7-11)24-5-4-20-14(23)10-6-13(22)21(8-10)9-15(17,18)19/h1-3,7,10H,4-6,8-9H2,(H,20,23). The maximum atomic E-state index is 12.3. The zero-order valence-corrected chi connectivity index (χ0v) is 13.4. The molecule has 1 unspecified atom stereocenters. The van der Waals surface area contributed by atoms with Crippen LogP contribution in [0.3, 0.4) is 0 Å². The third-order valence-electron chi connectivity index (χ3n) is 3.42. The van der Waals surface area contributed by atoms with E-state index in [0.29, 0.717) is 15.7 Å². The number of carbonyl (C=O) groups excluding carboxylic acids is 2. The summed E-state index contributed by atoms with van der Waals surface area (Å²) in [5.74, 6) is -1.35. The Hall–Kier alpha value is -1.96. The first-order valence-electron chi connectivity index (χ1n) is 7.25. The first-order chi connectivity index (χ1) is 11.2. The van der Waals surface area contributed by atoms with Crippen LogP contribution >= 0.6 is 11.6 Å². The lowest BCUT2D eigenvalue weighted by Crippen LogP contribution is -2.38. The van der Waals surface area contributed by atoms with Crippen LogP contribution in [0.15, 0.2) is 24.3 Å². The molecule has 1 atom stereocenters. The van der Waals surface area contributed by atoms with Crippen molar-refractivity contribution >= 4 is 23.4 Å². The molecule has 0 aromatic heterocycles. The molecule has 0 aliphatic carbocycles. The van der Waals surface area contributed by atoms with Gasteiger partial charge in [0, 0.05) is 18.0 Å². The lowest BCUT2D eigenvalue weighted by atomic mass is 10.1. The molecule has 0 bridgehead atoms. The Morgan fingerprint density at radius 3 is 2.83 bits per heavy atom. The molecule has 24 heavy (non-hydrogen) atoms. The Morgan fingerprint density at radius 2 is 2.17 bits per heavy atom. The minimum atomic E-state index is -4.47. The van der Waals surface area contributed by atoms with Gasteiger partial charge in [-0.05, 0) is 18.2 Å². The number of amides is 2. The van der Waals surface area contributed by atoms with Crippen molar-refractivity contribution in [1.29, 1.82) is 0 Å². The van der Waals surface area contributed by atoms with E-state index < -0.39 is 30.5 Å². The van der Waals surface area contributed by atoms with Gasteiger partial charge in [-0.1, -0.05) is 17.7 Å². The second kappa shape index (κ2) is 7.74. The van der Waals surface area contributed by atoms with E-state index in [2.05, 4.69) is 5.32 Å². The molecule has 5 nitrogen and oxygen atoms in total. The molecule has 132 valence electrons. The zero-order valence-electron chi connectivity index (χ0n) is 12.6. The summed E-state index contributed by atoms with van der Waals surface area (Å²) in [7, 11) is 0. The summed E-state index contributed by atoms with van der Waals surface area (Å²) in [4.78, 5) is 24.1. The Bertz CT molecular complexity index is 610. The fraction of sp³-hybridized carbons (Fsp3) is 0.467. The first kappa shape index (κ1) is 18.4. The minimum Gasteiger partial charge on any atom is -0.492 e. The Morgan fingerprint density at radius 1 is 1.42 bits per heavy atom. The van der Waals surface area contributed by atoms with Crippen LogP contribution in [0.5, 0.6) is 5.75 Å². The van der Waals surface area contributed by atoms with Crippen molar-refractivity contribution in [2.45, 2.75) is 12.6 Å². The highest BCUT2D eigenvalue weighted by Crippen LogP contribution is 2.24. The fourth-order valence-corrected chi connectivity index (χ4v) is 2.54. The van der Waals surface area contributed by atoms with Crippen molar-refractivity contribution in [2.24, 2.45) is 5.92 Å². The predicted molar refractivity (Wildman–Crippen MR) is 80.7 cm³/mol. The smallest absolute Gasteiger partial charge is 0.406 e. The van der Waals surface area contributed by atoms with Crippen LogP contribution in [0, 0.1) is 5.92 Å². The number of nitrogens with zero attached hydrogens (tertiary/aromatic N) is 1. The molecular formula is C15H16ClF3N2O3. The molecule has 1 saturated heterocycles. The van der Waals surface area contributed by atoms with Crippen molar-refractivity contribution < 1.29 is 27.5 Å². The average Bonchev–Trinajstić information content (AvgIpc) is 2.83. The Kier molecular flexibility index (Phi) is 5.93. The zero-order chi connectivity index (χ0) is 17.7. The summed E-state index contributed by atoms with van der Waals surface area (Å²) in [6, 6.07) is 6.74. The van der Waals surface area contributed by atoms with Gasteiger partial charge in [0.25, 0.3) is 0 Å². The molecule has 1 heterocycles. The molecule has 2 amide bonds. The Balaban J connectivity index is 1.72. The molecule has 1 N–H and O–H groups in total. The highest BCUT2D eigenvalue weighted by molar-refractivity contribution is 6.30. The summed E-state index contributed by atoms with van der Waals surface area (Å²) in [6.07, 6.45) is -4.68. The summed E-state index contributed by atoms with van der Waals surface area (Å²) >= 11 is 5.80. The van der Waals surface area contributed by atoms with E-state index in [-0.39, 0.29) is 26.1 Å². The predicted octanol–water partition coefficient (Wildman–Crippen LogP) is 2.25. The number of rotatable bonds is 6. The molecule has 1 aliphatic rings. The van der Waals surface area contributed by atoms with Gasteiger partial charge in [0.2, 0.25) is 11.8 Å². The number of nitrogens with one attached hydrogen (secondary N) is 1. The van der Waals surface area contributed by atoms with Crippen LogP contribution in [0.2, 0.25) is 5.02 Å². The van der Waals surface area contributed by atoms with Gasteiger partial charge in [-0.25, -0.2) is 0 Å². The minimum absolute atomic E-state index is 0.176. The number of likely N-dealkylation sites (tertiary alicyclic amines) is 1. The van der Waals surface area contributed by atoms with Gasteiger partial charge in [0.15, 0.2) is 0 Å². The van der Waals surface area contributed by atoms with Crippen molar-refractivity contribution in [3.8, 4) is 5.75 Å². The quantitative estimate of drug-likeness (QED) is 0.788. The molecule has 1 fully saturated rings. The fourth-order valence-electron chi connectivity index (χ4n) is 2.36. The topological polar surface area (TPSA) is 58.6 Å². The molecule has 1 aromatic rings. The third-order valence-corrected chi connectivity index (χ3v) is 3.66. The van der Waals surface area contributed by atoms with Gasteiger partial charge in [-0.2, -0.15) is 13.2 Å². The average molecular weight is 365 g/mol. The molecule has 1 aliphatic heterocycles. The highest BCUT2D eigenvalue weighted by Gasteiger charge is 2.40. The van der Waals surface area contributed by atoms with Crippen LogP contribution in [0.4, 0.5) is 13.2 Å². The van der Waals surface area contributed by atoms with Crippen LogP contribution in [-0.4, -0.2) is 49.1 Å². The van der Waals surface area contributed by atoms with Crippen LogP contribution in [-0.2, 0) is 9.59 Å². The molecule has 0 spiro atoms. The van der Waals surface area contributed by atoms with E-state index in [1.54, 1.807) is 24.3 Å². The second-order valence-corrected chi connectivity index (χ2v) is 5.82. The molecule has 0 radical (unpaired) electrons. The maximum Gasteiger partial charge on any atom is 0.406 e. The van der Waals surface area contributed by atoms with Crippen molar-refractivity contribution in [2.75, 3.05) is 26.2 Å². The largest absolute Gasteiger partial charge is 0.492 e. The second-order valence-electron chi connectivity index (χ2n) is 5.39. The third kappa shape index (κ3) is 5.59. The summed E-state index contributed by atoms with van der Waals surface area (Å²) < 4.78 is 42.4. The van der Waals surface area contributed by atoms with Gasteiger partial charge in [0.1, 0.15) is 18.9 Å². The van der Waals surface area contributed by atoms with Crippen LogP contribution in [0.25, 0.3) is 0 Å². The maximum absolute atomic E-state index is 12.3. The number of carbonyl (C=O) groups is 2. The monoisotopic (exact) mass is 364 g/mol. The highest BCUT2D eigenvalue weighted by atomic mass is 35.5. The van der Waals surface area contributed by atoms with E-state index in [9.17, 15) is 22.8 Å². The number of hydrogen-bond acceptors (Lipinski definition) is 3. The van der Waals surface area contributed by atoms with E-state index >= 15 is 0 Å². The van der Waals surface area contributed by atoms with E-state index in [4.69, 9.17) is 16.3 Å². The molecule has 2 rings (SSSR count). The lowest BCUT2D eigenvalue weighted by Gasteiger charge is -2.18. The number of benzene rings is 1. The lowest BCUT2D eigenvalue weighted by molar-refractivity contribution is -0.157. The van der Waals surface area contributed by atoms with Gasteiger partial charge in [0.05, 0.1) is 12.5 Å². The van der Waals surface area contributed by atoms with Gasteiger partial charge < -0.3 is 15.0 Å². The normalized spacial score (nSPS) is 17.9. The van der Waals surface area contributed by atoms with Crippen LogP contribution < -0.4 is 10.1 Å².